The van der Waals surface area contributed by atoms with Crippen molar-refractivity contribution in [3.8, 4) is 0 Å². The third-order valence-electron chi connectivity index (χ3n) is 12.7. The first-order chi connectivity index (χ1) is 16.6. The molecule has 36 heavy (non-hydrogen) atoms. The summed E-state index contributed by atoms with van der Waals surface area (Å²) < 4.78 is 0. The molecular weight excluding hydrogens is 450 g/mol. The highest BCUT2D eigenvalue weighted by Crippen LogP contribution is 2.75. The Balaban J connectivity index is 1.66. The van der Waals surface area contributed by atoms with Crippen LogP contribution < -0.4 is 0 Å². The maximum absolute atomic E-state index is 14.3. The summed E-state index contributed by atoms with van der Waals surface area (Å²) in [5, 5.41) is 3.63. The van der Waals surface area contributed by atoms with Crippen LogP contribution in [-0.2, 0) is 14.4 Å². The van der Waals surface area contributed by atoms with Gasteiger partial charge in [-0.1, -0.05) is 54.0 Å². The van der Waals surface area contributed by atoms with E-state index in [0.29, 0.717) is 25.0 Å². The number of rotatable bonds is 1. The molecular formula is C30H43N3O3. The van der Waals surface area contributed by atoms with Crippen molar-refractivity contribution in [1.29, 1.82) is 0 Å². The number of fused-ring (bicyclic) bond motifs is 7. The fourth-order valence-electron chi connectivity index (χ4n) is 10.3. The molecule has 1 amide bonds. The predicted octanol–water partition coefficient (Wildman–Crippen LogP) is 7.37. The summed E-state index contributed by atoms with van der Waals surface area (Å²) in [6, 6.07) is 0. The van der Waals surface area contributed by atoms with Crippen LogP contribution in [0, 0.1) is 50.2 Å². The molecule has 196 valence electrons. The lowest BCUT2D eigenvalue weighted by atomic mass is 9.34. The van der Waals surface area contributed by atoms with Crippen molar-refractivity contribution in [2.24, 2.45) is 55.4 Å². The minimum atomic E-state index is -0.732. The van der Waals surface area contributed by atoms with Crippen LogP contribution in [0.5, 0.6) is 0 Å². The van der Waals surface area contributed by atoms with Crippen molar-refractivity contribution < 1.29 is 14.4 Å². The zero-order valence-corrected chi connectivity index (χ0v) is 23.2. The second-order valence-electron chi connectivity index (χ2n) is 15.0. The minimum absolute atomic E-state index is 0.0334. The molecule has 0 aliphatic heterocycles. The quantitative estimate of drug-likeness (QED) is 0.216. The summed E-state index contributed by atoms with van der Waals surface area (Å²) in [5.74, 6) is 0.0154. The van der Waals surface area contributed by atoms with Gasteiger partial charge in [-0.3, -0.25) is 14.4 Å². The van der Waals surface area contributed by atoms with Gasteiger partial charge in [-0.2, -0.15) is 0 Å². The largest absolute Gasteiger partial charge is 0.299 e. The second kappa shape index (κ2) is 7.56. The summed E-state index contributed by atoms with van der Waals surface area (Å²) in [4.78, 5) is 43.5. The number of carbonyl (C=O) groups excluding carboxylic acids is 3. The molecule has 0 aromatic heterocycles. The van der Waals surface area contributed by atoms with Crippen molar-refractivity contribution in [2.45, 2.75) is 106 Å². The predicted molar refractivity (Wildman–Crippen MR) is 139 cm³/mol. The lowest BCUT2D eigenvalue weighted by molar-refractivity contribution is -0.179. The van der Waals surface area contributed by atoms with Gasteiger partial charge in [0, 0.05) is 28.1 Å². The van der Waals surface area contributed by atoms with Gasteiger partial charge < -0.3 is 0 Å². The number of hydrogen-bond donors (Lipinski definition) is 0. The first-order valence-corrected chi connectivity index (χ1v) is 14.0. The lowest BCUT2D eigenvalue weighted by Gasteiger charge is -2.69. The third-order valence-corrected chi connectivity index (χ3v) is 12.7. The first kappa shape index (κ1) is 25.7. The fraction of sp³-hybridized carbons (Fsp3) is 0.833. The first-order valence-electron chi connectivity index (χ1n) is 14.0. The molecule has 0 heterocycles. The highest BCUT2D eigenvalue weighted by molar-refractivity contribution is 5.97. The standard InChI is InChI=1S/C30H43N3O3/c1-25(2)12-14-30(24(36)32-33-31)15-13-29(7)23(18(30)17-25)19(34)16-21-27(5)10-9-22(35)26(3,4)20(27)8-11-28(21,29)6/h16,18,20,23H,8-15,17H2,1-7H3/t18-,20-,23-,27-,28+,29+,30-/m0/s1. The number of allylic oxidation sites excluding steroid dienone is 2. The van der Waals surface area contributed by atoms with E-state index in [1.807, 2.05) is 6.08 Å². The van der Waals surface area contributed by atoms with Crippen LogP contribution in [0.1, 0.15) is 106 Å². The number of azide groups is 1. The molecule has 5 rings (SSSR count). The maximum atomic E-state index is 14.3. The second-order valence-corrected chi connectivity index (χ2v) is 15.0. The summed E-state index contributed by atoms with van der Waals surface area (Å²) in [5.41, 5.74) is 8.70. The van der Waals surface area contributed by atoms with Gasteiger partial charge >= 0.3 is 0 Å². The fourth-order valence-corrected chi connectivity index (χ4v) is 10.3. The number of carbonyl (C=O) groups is 3. The Labute approximate surface area is 215 Å². The van der Waals surface area contributed by atoms with E-state index in [0.717, 1.165) is 38.5 Å². The van der Waals surface area contributed by atoms with Gasteiger partial charge in [-0.15, -0.1) is 0 Å². The van der Waals surface area contributed by atoms with Crippen LogP contribution in [0.2, 0.25) is 0 Å². The molecule has 6 heteroatoms. The van der Waals surface area contributed by atoms with E-state index < -0.39 is 5.41 Å². The van der Waals surface area contributed by atoms with Gasteiger partial charge in [0.2, 0.25) is 5.91 Å². The molecule has 0 aromatic rings. The SMILES string of the molecule is CC1(C)CC[C@]2(C(=O)N=[N+]=[N-])CC[C@]3(C)[C@H](C(=O)C=C4[C@@]5(C)CCC(=O)C(C)(C)[C@@H]5CC[C@]43C)[C@@H]2C1. The normalized spacial score (nSPS) is 46.8. The monoisotopic (exact) mass is 493 g/mol. The molecule has 0 radical (unpaired) electrons. The van der Waals surface area contributed by atoms with E-state index in [1.165, 1.54) is 5.57 Å². The van der Waals surface area contributed by atoms with Gasteiger partial charge in [0.05, 0.1) is 0 Å². The lowest BCUT2D eigenvalue weighted by Crippen LogP contribution is -2.66. The molecule has 0 saturated heterocycles. The van der Waals surface area contributed by atoms with Gasteiger partial charge in [0.15, 0.2) is 5.78 Å². The summed E-state index contributed by atoms with van der Waals surface area (Å²) in [6.45, 7) is 15.7. The Morgan fingerprint density at radius 1 is 0.972 bits per heavy atom. The van der Waals surface area contributed by atoms with Gasteiger partial charge in [0.1, 0.15) is 5.78 Å². The van der Waals surface area contributed by atoms with Crippen molar-refractivity contribution in [1.82, 2.24) is 0 Å². The third kappa shape index (κ3) is 3.03. The highest BCUT2D eigenvalue weighted by atomic mass is 16.2. The molecule has 0 unspecified atom stereocenters. The topological polar surface area (TPSA) is 100.0 Å². The van der Waals surface area contributed by atoms with Crippen LogP contribution in [0.25, 0.3) is 10.4 Å². The Bertz CT molecular complexity index is 1130. The zero-order valence-electron chi connectivity index (χ0n) is 23.2. The van der Waals surface area contributed by atoms with E-state index in [9.17, 15) is 14.4 Å². The van der Waals surface area contributed by atoms with Crippen LogP contribution in [0.4, 0.5) is 0 Å². The van der Waals surface area contributed by atoms with Crippen molar-refractivity contribution in [3.05, 3.63) is 22.1 Å². The number of Topliss-reactive ketones (excluding diaryl/α,β-unsaturated/α-hetero) is 1. The Morgan fingerprint density at radius 2 is 1.64 bits per heavy atom. The number of amides is 1. The molecule has 0 N–H and O–H groups in total. The smallest absolute Gasteiger partial charge is 0.225 e. The molecule has 6 nitrogen and oxygen atoms in total. The van der Waals surface area contributed by atoms with Crippen molar-refractivity contribution >= 4 is 17.5 Å². The molecule has 0 aromatic carbocycles. The van der Waals surface area contributed by atoms with Gasteiger partial charge in [0.25, 0.3) is 0 Å². The molecule has 0 spiro atoms. The molecule has 7 atom stereocenters. The Morgan fingerprint density at radius 3 is 2.31 bits per heavy atom. The molecule has 4 fully saturated rings. The maximum Gasteiger partial charge on any atom is 0.225 e. The van der Waals surface area contributed by atoms with Crippen LogP contribution >= 0.6 is 0 Å². The average Bonchev–Trinajstić information content (AvgIpc) is 2.78. The Kier molecular flexibility index (Phi) is 5.39. The summed E-state index contributed by atoms with van der Waals surface area (Å²) in [7, 11) is 0. The summed E-state index contributed by atoms with van der Waals surface area (Å²) >= 11 is 0. The van der Waals surface area contributed by atoms with Crippen molar-refractivity contribution in [3.63, 3.8) is 0 Å². The average molecular weight is 494 g/mol. The van der Waals surface area contributed by atoms with E-state index in [-0.39, 0.29) is 56.5 Å². The zero-order chi connectivity index (χ0) is 26.5. The van der Waals surface area contributed by atoms with Crippen molar-refractivity contribution in [2.75, 3.05) is 0 Å². The van der Waals surface area contributed by atoms with Crippen LogP contribution in [0.15, 0.2) is 16.8 Å². The van der Waals surface area contributed by atoms with Gasteiger partial charge in [-0.25, -0.2) is 0 Å². The van der Waals surface area contributed by atoms with Gasteiger partial charge in [-0.05, 0) is 102 Å². The van der Waals surface area contributed by atoms with Crippen LogP contribution in [0.3, 0.4) is 0 Å². The van der Waals surface area contributed by atoms with E-state index in [4.69, 9.17) is 5.53 Å². The Hall–Kier alpha value is -1.94. The highest BCUT2D eigenvalue weighted by Gasteiger charge is 2.70. The molecule has 4 saturated carbocycles. The number of nitrogens with zero attached hydrogens (tertiary/aromatic N) is 3. The van der Waals surface area contributed by atoms with E-state index in [2.05, 4.69) is 58.5 Å². The number of hydrogen-bond acceptors (Lipinski definition) is 3. The molecule has 5 aliphatic carbocycles. The molecule has 0 bridgehead atoms. The van der Waals surface area contributed by atoms with E-state index in [1.54, 1.807) is 0 Å². The van der Waals surface area contributed by atoms with Crippen LogP contribution in [-0.4, -0.2) is 17.5 Å². The summed E-state index contributed by atoms with van der Waals surface area (Å²) in [6.07, 6.45) is 9.14. The van der Waals surface area contributed by atoms with E-state index >= 15 is 0 Å². The molecule has 5 aliphatic rings. The number of ketones is 2. The minimum Gasteiger partial charge on any atom is -0.299 e.